The minimum absolute atomic E-state index is 0.0377. The highest BCUT2D eigenvalue weighted by Crippen LogP contribution is 2.31. The van der Waals surface area contributed by atoms with Gasteiger partial charge in [0.05, 0.1) is 20.6 Å². The van der Waals surface area contributed by atoms with Crippen LogP contribution in [-0.4, -0.2) is 51.2 Å². The van der Waals surface area contributed by atoms with Gasteiger partial charge in [-0.15, -0.1) is 11.3 Å². The molecule has 3 rings (SSSR count). The molecule has 1 aliphatic rings. The molecule has 6 heteroatoms. The van der Waals surface area contributed by atoms with Crippen LogP contribution in [0.15, 0.2) is 35.7 Å². The molecule has 0 radical (unpaired) electrons. The zero-order chi connectivity index (χ0) is 19.1. The van der Waals surface area contributed by atoms with Gasteiger partial charge in [-0.1, -0.05) is 12.1 Å². The van der Waals surface area contributed by atoms with Gasteiger partial charge in [0, 0.05) is 18.0 Å². The monoisotopic (exact) mass is 388 g/mol. The Morgan fingerprint density at radius 1 is 1.19 bits per heavy atom. The van der Waals surface area contributed by atoms with Crippen LogP contribution in [0, 0.1) is 0 Å². The SMILES string of the molecule is COc1ccc(CC(=O)NCCN2CCC(c3cccs3)CC2)cc1OC. The molecule has 0 bridgehead atoms. The lowest BCUT2D eigenvalue weighted by Gasteiger charge is -2.31. The molecule has 1 fully saturated rings. The fraction of sp³-hybridized carbons (Fsp3) is 0.476. The molecule has 1 aliphatic heterocycles. The normalized spacial score (nSPS) is 15.5. The number of amides is 1. The summed E-state index contributed by atoms with van der Waals surface area (Å²) in [6.45, 7) is 3.81. The number of carbonyl (C=O) groups is 1. The molecule has 1 amide bonds. The van der Waals surface area contributed by atoms with E-state index in [1.807, 2.05) is 29.5 Å². The van der Waals surface area contributed by atoms with Gasteiger partial charge in [0.2, 0.25) is 5.91 Å². The quantitative estimate of drug-likeness (QED) is 0.754. The first kappa shape index (κ1) is 19.7. The van der Waals surface area contributed by atoms with Crippen molar-refractivity contribution in [3.05, 3.63) is 46.2 Å². The lowest BCUT2D eigenvalue weighted by Crippen LogP contribution is -2.39. The first-order valence-electron chi connectivity index (χ1n) is 9.43. The number of nitrogens with zero attached hydrogens (tertiary/aromatic N) is 1. The average molecular weight is 389 g/mol. The number of likely N-dealkylation sites (tertiary alicyclic amines) is 1. The molecule has 1 aromatic carbocycles. The topological polar surface area (TPSA) is 50.8 Å². The molecular formula is C21H28N2O3S. The van der Waals surface area contributed by atoms with Gasteiger partial charge in [0.15, 0.2) is 11.5 Å². The van der Waals surface area contributed by atoms with E-state index in [1.165, 1.54) is 17.7 Å². The highest BCUT2D eigenvalue weighted by Gasteiger charge is 2.20. The van der Waals surface area contributed by atoms with Crippen LogP contribution in [0.4, 0.5) is 0 Å². The first-order chi connectivity index (χ1) is 13.2. The molecule has 0 atom stereocenters. The first-order valence-corrected chi connectivity index (χ1v) is 10.3. The lowest BCUT2D eigenvalue weighted by molar-refractivity contribution is -0.120. The van der Waals surface area contributed by atoms with E-state index >= 15 is 0 Å². The fourth-order valence-corrected chi connectivity index (χ4v) is 4.46. The average Bonchev–Trinajstić information content (AvgIpc) is 3.23. The van der Waals surface area contributed by atoms with Gasteiger partial charge in [-0.05, 0) is 61.0 Å². The molecule has 0 saturated carbocycles. The number of methoxy groups -OCH3 is 2. The van der Waals surface area contributed by atoms with Crippen molar-refractivity contribution >= 4 is 17.2 Å². The van der Waals surface area contributed by atoms with E-state index in [9.17, 15) is 4.79 Å². The fourth-order valence-electron chi connectivity index (χ4n) is 3.56. The summed E-state index contributed by atoms with van der Waals surface area (Å²) < 4.78 is 10.5. The van der Waals surface area contributed by atoms with E-state index in [-0.39, 0.29) is 5.91 Å². The van der Waals surface area contributed by atoms with Crippen LogP contribution in [0.3, 0.4) is 0 Å². The molecule has 0 unspecified atom stereocenters. The number of thiophene rings is 1. The second-order valence-corrected chi connectivity index (χ2v) is 7.83. The largest absolute Gasteiger partial charge is 0.493 e. The van der Waals surface area contributed by atoms with Crippen LogP contribution in [0.1, 0.15) is 29.2 Å². The Kier molecular flexibility index (Phi) is 7.12. The smallest absolute Gasteiger partial charge is 0.224 e. The van der Waals surface area contributed by atoms with Crippen molar-refractivity contribution in [1.82, 2.24) is 10.2 Å². The molecule has 2 aromatic rings. The van der Waals surface area contributed by atoms with Crippen molar-refractivity contribution in [2.24, 2.45) is 0 Å². The summed E-state index contributed by atoms with van der Waals surface area (Å²) in [6, 6.07) is 9.98. The second-order valence-electron chi connectivity index (χ2n) is 6.85. The Labute approximate surface area is 165 Å². The predicted octanol–water partition coefficient (Wildman–Crippen LogP) is 3.30. The van der Waals surface area contributed by atoms with Crippen molar-refractivity contribution in [3.63, 3.8) is 0 Å². The zero-order valence-electron chi connectivity index (χ0n) is 16.1. The Balaban J connectivity index is 1.38. The number of hydrogen-bond donors (Lipinski definition) is 1. The summed E-state index contributed by atoms with van der Waals surface area (Å²) in [5.74, 6) is 2.07. The molecular weight excluding hydrogens is 360 g/mol. The molecule has 1 N–H and O–H groups in total. The van der Waals surface area contributed by atoms with Crippen LogP contribution in [0.2, 0.25) is 0 Å². The maximum Gasteiger partial charge on any atom is 0.224 e. The number of hydrogen-bond acceptors (Lipinski definition) is 5. The molecule has 5 nitrogen and oxygen atoms in total. The Hall–Kier alpha value is -2.05. The van der Waals surface area contributed by atoms with Crippen molar-refractivity contribution in [2.45, 2.75) is 25.2 Å². The Morgan fingerprint density at radius 3 is 2.63 bits per heavy atom. The summed E-state index contributed by atoms with van der Waals surface area (Å²) in [5.41, 5.74) is 0.918. The third-order valence-electron chi connectivity index (χ3n) is 5.10. The number of benzene rings is 1. The van der Waals surface area contributed by atoms with Gasteiger partial charge < -0.3 is 19.7 Å². The number of piperidine rings is 1. The van der Waals surface area contributed by atoms with Crippen molar-refractivity contribution in [1.29, 1.82) is 0 Å². The lowest BCUT2D eigenvalue weighted by atomic mass is 9.95. The molecule has 146 valence electrons. The van der Waals surface area contributed by atoms with Crippen LogP contribution in [0.5, 0.6) is 11.5 Å². The zero-order valence-corrected chi connectivity index (χ0v) is 16.9. The van der Waals surface area contributed by atoms with E-state index in [0.717, 1.165) is 25.2 Å². The summed E-state index contributed by atoms with van der Waals surface area (Å²) >= 11 is 1.87. The van der Waals surface area contributed by atoms with Gasteiger partial charge in [-0.25, -0.2) is 0 Å². The summed E-state index contributed by atoms with van der Waals surface area (Å²) in [4.78, 5) is 16.2. The summed E-state index contributed by atoms with van der Waals surface area (Å²) in [6.07, 6.45) is 2.76. The molecule has 0 aliphatic carbocycles. The number of nitrogens with one attached hydrogen (secondary N) is 1. The van der Waals surface area contributed by atoms with Gasteiger partial charge in [0.1, 0.15) is 0 Å². The Morgan fingerprint density at radius 2 is 1.96 bits per heavy atom. The van der Waals surface area contributed by atoms with Crippen molar-refractivity contribution < 1.29 is 14.3 Å². The maximum atomic E-state index is 12.2. The summed E-state index contributed by atoms with van der Waals surface area (Å²) in [5, 5.41) is 5.20. The third kappa shape index (κ3) is 5.47. The standard InChI is InChI=1S/C21H28N2O3S/c1-25-18-6-5-16(14-19(18)26-2)15-21(24)22-9-12-23-10-7-17(8-11-23)20-4-3-13-27-20/h3-6,13-14,17H,7-12,15H2,1-2H3,(H,22,24). The molecule has 1 saturated heterocycles. The third-order valence-corrected chi connectivity index (χ3v) is 6.13. The van der Waals surface area contributed by atoms with Gasteiger partial charge in [0.25, 0.3) is 0 Å². The minimum Gasteiger partial charge on any atom is -0.493 e. The van der Waals surface area contributed by atoms with Crippen LogP contribution >= 0.6 is 11.3 Å². The van der Waals surface area contributed by atoms with Gasteiger partial charge in [-0.3, -0.25) is 4.79 Å². The van der Waals surface area contributed by atoms with E-state index in [4.69, 9.17) is 9.47 Å². The number of ether oxygens (including phenoxy) is 2. The summed E-state index contributed by atoms with van der Waals surface area (Å²) in [7, 11) is 3.21. The highest BCUT2D eigenvalue weighted by atomic mass is 32.1. The molecule has 2 heterocycles. The van der Waals surface area contributed by atoms with E-state index in [2.05, 4.69) is 27.7 Å². The van der Waals surface area contributed by atoms with Gasteiger partial charge in [-0.2, -0.15) is 0 Å². The predicted molar refractivity (Wildman–Crippen MR) is 109 cm³/mol. The Bertz CT molecular complexity index is 725. The number of rotatable bonds is 8. The maximum absolute atomic E-state index is 12.2. The van der Waals surface area contributed by atoms with Crippen LogP contribution in [0.25, 0.3) is 0 Å². The minimum atomic E-state index is 0.0377. The van der Waals surface area contributed by atoms with Gasteiger partial charge >= 0.3 is 0 Å². The molecule has 0 spiro atoms. The second kappa shape index (κ2) is 9.76. The number of carbonyl (C=O) groups excluding carboxylic acids is 1. The highest BCUT2D eigenvalue weighted by molar-refractivity contribution is 7.10. The van der Waals surface area contributed by atoms with E-state index < -0.39 is 0 Å². The van der Waals surface area contributed by atoms with Crippen molar-refractivity contribution in [3.8, 4) is 11.5 Å². The van der Waals surface area contributed by atoms with E-state index in [1.54, 1.807) is 14.2 Å². The molecule has 27 heavy (non-hydrogen) atoms. The van der Waals surface area contributed by atoms with Crippen LogP contribution < -0.4 is 14.8 Å². The molecule has 1 aromatic heterocycles. The van der Waals surface area contributed by atoms with Crippen LogP contribution in [-0.2, 0) is 11.2 Å². The van der Waals surface area contributed by atoms with Crippen molar-refractivity contribution in [2.75, 3.05) is 40.4 Å². The van der Waals surface area contributed by atoms with E-state index in [0.29, 0.717) is 30.4 Å².